The summed E-state index contributed by atoms with van der Waals surface area (Å²) in [5.74, 6) is -2.51. The van der Waals surface area contributed by atoms with Gasteiger partial charge in [0.15, 0.2) is 11.6 Å². The lowest BCUT2D eigenvalue weighted by Gasteiger charge is -2.11. The predicted octanol–water partition coefficient (Wildman–Crippen LogP) is 4.97. The largest absolute Gasteiger partial charge is 0.355 e. The quantitative estimate of drug-likeness (QED) is 0.696. The Bertz CT molecular complexity index is 973. The van der Waals surface area contributed by atoms with Gasteiger partial charge >= 0.3 is 0 Å². The van der Waals surface area contributed by atoms with Crippen LogP contribution in [0.4, 0.5) is 25.8 Å². The number of carbonyl (C=O) groups is 1. The van der Waals surface area contributed by atoms with Crippen molar-refractivity contribution in [2.75, 3.05) is 10.6 Å². The topological polar surface area (TPSA) is 54.0 Å². The number of anilines is 3. The molecule has 1 heterocycles. The van der Waals surface area contributed by atoms with Crippen LogP contribution in [0.1, 0.15) is 21.6 Å². The maximum atomic E-state index is 13.3. The number of benzene rings is 2. The normalized spacial score (nSPS) is 10.5. The third-order valence-corrected chi connectivity index (χ3v) is 3.84. The van der Waals surface area contributed by atoms with Crippen LogP contribution in [0.2, 0.25) is 0 Å². The fourth-order valence-electron chi connectivity index (χ4n) is 2.43. The molecule has 6 heteroatoms. The SMILES string of the molecule is Cc1ccc(C)c(Nc2ccnc(C(=O)Nc3ccc(F)c(F)c3)c2)c1. The highest BCUT2D eigenvalue weighted by atomic mass is 19.2. The smallest absolute Gasteiger partial charge is 0.274 e. The molecule has 1 aromatic heterocycles. The highest BCUT2D eigenvalue weighted by Crippen LogP contribution is 2.22. The molecule has 0 spiro atoms. The fourth-order valence-corrected chi connectivity index (χ4v) is 2.43. The summed E-state index contributed by atoms with van der Waals surface area (Å²) in [6.07, 6.45) is 1.51. The molecule has 3 rings (SSSR count). The van der Waals surface area contributed by atoms with Gasteiger partial charge in [0.05, 0.1) is 0 Å². The number of nitrogens with one attached hydrogen (secondary N) is 2. The van der Waals surface area contributed by atoms with Crippen LogP contribution in [0.3, 0.4) is 0 Å². The van der Waals surface area contributed by atoms with E-state index in [1.54, 1.807) is 12.1 Å². The lowest BCUT2D eigenvalue weighted by Crippen LogP contribution is -2.14. The van der Waals surface area contributed by atoms with Crippen molar-refractivity contribution >= 4 is 23.0 Å². The van der Waals surface area contributed by atoms with Crippen LogP contribution >= 0.6 is 0 Å². The molecule has 1 amide bonds. The molecule has 2 aromatic carbocycles. The molecule has 0 saturated carbocycles. The molecule has 0 fully saturated rings. The first-order chi connectivity index (χ1) is 12.4. The number of aromatic nitrogens is 1. The van der Waals surface area contributed by atoms with Gasteiger partial charge in [0.2, 0.25) is 0 Å². The van der Waals surface area contributed by atoms with Gasteiger partial charge in [-0.1, -0.05) is 12.1 Å². The van der Waals surface area contributed by atoms with Crippen molar-refractivity contribution in [1.29, 1.82) is 0 Å². The Hall–Kier alpha value is -3.28. The second-order valence-electron chi connectivity index (χ2n) is 5.96. The molecule has 4 nitrogen and oxygen atoms in total. The number of hydrogen-bond donors (Lipinski definition) is 2. The van der Waals surface area contributed by atoms with E-state index in [0.29, 0.717) is 5.69 Å². The first-order valence-corrected chi connectivity index (χ1v) is 7.99. The summed E-state index contributed by atoms with van der Waals surface area (Å²) >= 11 is 0. The molecular weight excluding hydrogens is 336 g/mol. The minimum atomic E-state index is -1.03. The van der Waals surface area contributed by atoms with Crippen molar-refractivity contribution in [3.05, 3.63) is 83.2 Å². The number of halogens is 2. The summed E-state index contributed by atoms with van der Waals surface area (Å²) < 4.78 is 26.2. The number of rotatable bonds is 4. The van der Waals surface area contributed by atoms with Crippen LogP contribution in [0.15, 0.2) is 54.7 Å². The molecule has 0 aliphatic heterocycles. The second-order valence-corrected chi connectivity index (χ2v) is 5.96. The van der Waals surface area contributed by atoms with E-state index in [0.717, 1.165) is 28.9 Å². The number of aryl methyl sites for hydroxylation is 2. The van der Waals surface area contributed by atoms with Crippen molar-refractivity contribution in [1.82, 2.24) is 4.98 Å². The van der Waals surface area contributed by atoms with Gasteiger partial charge in [-0.3, -0.25) is 9.78 Å². The monoisotopic (exact) mass is 353 g/mol. The zero-order valence-corrected chi connectivity index (χ0v) is 14.3. The lowest BCUT2D eigenvalue weighted by molar-refractivity contribution is 0.102. The van der Waals surface area contributed by atoms with Crippen molar-refractivity contribution in [3.63, 3.8) is 0 Å². The van der Waals surface area contributed by atoms with Crippen LogP contribution < -0.4 is 10.6 Å². The molecule has 0 aliphatic carbocycles. The van der Waals surface area contributed by atoms with Gasteiger partial charge in [0.1, 0.15) is 5.69 Å². The zero-order valence-electron chi connectivity index (χ0n) is 14.3. The Kier molecular flexibility index (Phi) is 4.93. The van der Waals surface area contributed by atoms with Crippen LogP contribution in [0, 0.1) is 25.5 Å². The molecular formula is C20H17F2N3O. The van der Waals surface area contributed by atoms with Gasteiger partial charge < -0.3 is 10.6 Å². The van der Waals surface area contributed by atoms with Crippen molar-refractivity contribution in [3.8, 4) is 0 Å². The summed E-state index contributed by atoms with van der Waals surface area (Å²) in [5, 5.41) is 5.76. The van der Waals surface area contributed by atoms with Crippen molar-refractivity contribution in [2.24, 2.45) is 0 Å². The van der Waals surface area contributed by atoms with E-state index in [9.17, 15) is 13.6 Å². The number of hydrogen-bond acceptors (Lipinski definition) is 3. The van der Waals surface area contributed by atoms with E-state index in [4.69, 9.17) is 0 Å². The predicted molar refractivity (Wildman–Crippen MR) is 97.7 cm³/mol. The first kappa shape index (κ1) is 17.5. The Morgan fingerprint density at radius 2 is 1.73 bits per heavy atom. The number of pyridine rings is 1. The van der Waals surface area contributed by atoms with E-state index in [1.807, 2.05) is 32.0 Å². The van der Waals surface area contributed by atoms with Crippen molar-refractivity contribution in [2.45, 2.75) is 13.8 Å². The van der Waals surface area contributed by atoms with E-state index in [2.05, 4.69) is 15.6 Å². The number of amides is 1. The Balaban J connectivity index is 1.78. The van der Waals surface area contributed by atoms with Crippen LogP contribution in [0.5, 0.6) is 0 Å². The van der Waals surface area contributed by atoms with E-state index >= 15 is 0 Å². The molecule has 0 unspecified atom stereocenters. The molecule has 26 heavy (non-hydrogen) atoms. The van der Waals surface area contributed by atoms with Crippen LogP contribution in [-0.4, -0.2) is 10.9 Å². The minimum Gasteiger partial charge on any atom is -0.355 e. The minimum absolute atomic E-state index is 0.156. The number of carbonyl (C=O) groups excluding carboxylic acids is 1. The Labute approximate surface area is 149 Å². The summed E-state index contributed by atoms with van der Waals surface area (Å²) in [5.41, 5.74) is 4.13. The third kappa shape index (κ3) is 4.03. The van der Waals surface area contributed by atoms with Gasteiger partial charge in [-0.15, -0.1) is 0 Å². The summed E-state index contributed by atoms with van der Waals surface area (Å²) in [6, 6.07) is 12.5. The molecule has 2 N–H and O–H groups in total. The molecule has 0 saturated heterocycles. The Morgan fingerprint density at radius 1 is 0.923 bits per heavy atom. The molecule has 0 atom stereocenters. The van der Waals surface area contributed by atoms with E-state index in [1.165, 1.54) is 12.3 Å². The summed E-state index contributed by atoms with van der Waals surface area (Å²) in [7, 11) is 0. The standard InChI is InChI=1S/C20H17F2N3O/c1-12-3-4-13(2)18(9-12)24-15-7-8-23-19(11-15)20(26)25-14-5-6-16(21)17(22)10-14/h3-11H,1-2H3,(H,23,24)(H,25,26). The van der Waals surface area contributed by atoms with Crippen LogP contribution in [-0.2, 0) is 0 Å². The third-order valence-electron chi connectivity index (χ3n) is 3.84. The second kappa shape index (κ2) is 7.31. The van der Waals surface area contributed by atoms with Crippen molar-refractivity contribution < 1.29 is 13.6 Å². The average Bonchev–Trinajstić information content (AvgIpc) is 2.61. The maximum Gasteiger partial charge on any atom is 0.274 e. The summed E-state index contributed by atoms with van der Waals surface area (Å²) in [6.45, 7) is 3.98. The maximum absolute atomic E-state index is 13.3. The highest BCUT2D eigenvalue weighted by molar-refractivity contribution is 6.03. The van der Waals surface area contributed by atoms with Gasteiger partial charge in [0, 0.05) is 29.3 Å². The molecule has 0 radical (unpaired) electrons. The average molecular weight is 353 g/mol. The first-order valence-electron chi connectivity index (χ1n) is 7.99. The fraction of sp³-hybridized carbons (Fsp3) is 0.100. The van der Waals surface area contributed by atoms with E-state index < -0.39 is 17.5 Å². The van der Waals surface area contributed by atoms with Crippen LogP contribution in [0.25, 0.3) is 0 Å². The van der Waals surface area contributed by atoms with Gasteiger partial charge in [-0.25, -0.2) is 8.78 Å². The van der Waals surface area contributed by atoms with Gasteiger partial charge in [-0.05, 0) is 55.3 Å². The van der Waals surface area contributed by atoms with Gasteiger partial charge in [0.25, 0.3) is 5.91 Å². The lowest BCUT2D eigenvalue weighted by atomic mass is 10.1. The van der Waals surface area contributed by atoms with Gasteiger partial charge in [-0.2, -0.15) is 0 Å². The summed E-state index contributed by atoms with van der Waals surface area (Å²) in [4.78, 5) is 16.4. The molecule has 0 aliphatic rings. The van der Waals surface area contributed by atoms with E-state index in [-0.39, 0.29) is 11.4 Å². The Morgan fingerprint density at radius 3 is 2.50 bits per heavy atom. The molecule has 0 bridgehead atoms. The molecule has 3 aromatic rings. The highest BCUT2D eigenvalue weighted by Gasteiger charge is 2.11. The zero-order chi connectivity index (χ0) is 18.7. The molecule has 132 valence electrons. The number of nitrogens with zero attached hydrogens (tertiary/aromatic N) is 1.